The molecule has 10 nitrogen and oxygen atoms in total. The number of hydrogen-bond acceptors (Lipinski definition) is 7. The van der Waals surface area contributed by atoms with Crippen molar-refractivity contribution in [1.82, 2.24) is 19.1 Å². The summed E-state index contributed by atoms with van der Waals surface area (Å²) in [4.78, 5) is 44.7. The Balaban J connectivity index is 1.61. The van der Waals surface area contributed by atoms with Gasteiger partial charge in [0.25, 0.3) is 0 Å². The molecule has 0 saturated carbocycles. The summed E-state index contributed by atoms with van der Waals surface area (Å²) in [5.74, 6) is -0.772. The number of aliphatic carboxylic acids is 1. The minimum atomic E-state index is -1.01. The first-order chi connectivity index (χ1) is 17.8. The number of rotatable bonds is 10. The third-order valence-electron chi connectivity index (χ3n) is 5.42. The molecule has 0 spiro atoms. The van der Waals surface area contributed by atoms with E-state index in [0.717, 1.165) is 21.9 Å². The molecule has 0 atom stereocenters. The summed E-state index contributed by atoms with van der Waals surface area (Å²) in [5, 5.41) is 11.9. The SMILES string of the molecule is Cc1ccc(Cn2c(Nc3ccc(Oc4ccc(F)cn4)cc3)nc(=O)n(CCCC(=O)O)c2=O)cc1. The third kappa shape index (κ3) is 6.66. The van der Waals surface area contributed by atoms with E-state index in [9.17, 15) is 18.8 Å². The Kier molecular flexibility index (Phi) is 7.72. The fourth-order valence-electron chi connectivity index (χ4n) is 3.50. The lowest BCUT2D eigenvalue weighted by molar-refractivity contribution is -0.137. The van der Waals surface area contributed by atoms with Crippen LogP contribution >= 0.6 is 0 Å². The highest BCUT2D eigenvalue weighted by molar-refractivity contribution is 5.66. The summed E-state index contributed by atoms with van der Waals surface area (Å²) in [6, 6.07) is 16.8. The zero-order valence-electron chi connectivity index (χ0n) is 19.9. The van der Waals surface area contributed by atoms with E-state index in [-0.39, 0.29) is 37.8 Å². The van der Waals surface area contributed by atoms with E-state index < -0.39 is 23.2 Å². The van der Waals surface area contributed by atoms with Crippen LogP contribution in [-0.4, -0.2) is 30.2 Å². The molecule has 0 saturated heterocycles. The summed E-state index contributed by atoms with van der Waals surface area (Å²) in [7, 11) is 0. The van der Waals surface area contributed by atoms with Gasteiger partial charge in [-0.25, -0.2) is 23.5 Å². The fraction of sp³-hybridized carbons (Fsp3) is 0.192. The van der Waals surface area contributed by atoms with Crippen molar-refractivity contribution in [3.05, 3.63) is 105 Å². The molecule has 37 heavy (non-hydrogen) atoms. The average molecular weight is 506 g/mol. The molecule has 4 aromatic rings. The van der Waals surface area contributed by atoms with Crippen molar-refractivity contribution < 1.29 is 19.0 Å². The lowest BCUT2D eigenvalue weighted by Gasteiger charge is -2.16. The highest BCUT2D eigenvalue weighted by Crippen LogP contribution is 2.23. The van der Waals surface area contributed by atoms with Crippen molar-refractivity contribution in [3.63, 3.8) is 0 Å². The zero-order chi connectivity index (χ0) is 26.4. The number of aryl methyl sites for hydroxylation is 1. The fourth-order valence-corrected chi connectivity index (χ4v) is 3.50. The molecular weight excluding hydrogens is 481 g/mol. The van der Waals surface area contributed by atoms with Gasteiger partial charge in [-0.1, -0.05) is 29.8 Å². The molecule has 11 heteroatoms. The van der Waals surface area contributed by atoms with E-state index in [1.54, 1.807) is 24.3 Å². The van der Waals surface area contributed by atoms with E-state index >= 15 is 0 Å². The topological polar surface area (TPSA) is 128 Å². The minimum absolute atomic E-state index is 0.0407. The number of pyridine rings is 1. The van der Waals surface area contributed by atoms with Crippen molar-refractivity contribution >= 4 is 17.6 Å². The number of benzene rings is 2. The number of nitrogens with one attached hydrogen (secondary N) is 1. The smallest absolute Gasteiger partial charge is 0.354 e. The zero-order valence-corrected chi connectivity index (χ0v) is 19.9. The average Bonchev–Trinajstić information content (AvgIpc) is 2.87. The van der Waals surface area contributed by atoms with Gasteiger partial charge < -0.3 is 15.2 Å². The van der Waals surface area contributed by atoms with Crippen LogP contribution in [0.5, 0.6) is 11.6 Å². The number of halogens is 1. The number of carboxylic acids is 1. The molecule has 0 unspecified atom stereocenters. The maximum absolute atomic E-state index is 13.3. The first-order valence-electron chi connectivity index (χ1n) is 11.4. The number of carboxylic acid groups (broad SMARTS) is 1. The van der Waals surface area contributed by atoms with Crippen LogP contribution in [0.25, 0.3) is 0 Å². The van der Waals surface area contributed by atoms with Gasteiger partial charge in [0.2, 0.25) is 11.8 Å². The summed E-state index contributed by atoms with van der Waals surface area (Å²) >= 11 is 0. The maximum Gasteiger partial charge on any atom is 0.354 e. The van der Waals surface area contributed by atoms with Gasteiger partial charge in [0.15, 0.2) is 0 Å². The summed E-state index contributed by atoms with van der Waals surface area (Å²) in [5.41, 5.74) is 1.04. The van der Waals surface area contributed by atoms with Crippen LogP contribution in [-0.2, 0) is 17.9 Å². The predicted molar refractivity (Wildman–Crippen MR) is 134 cm³/mol. The van der Waals surface area contributed by atoms with Crippen molar-refractivity contribution in [3.8, 4) is 11.6 Å². The molecule has 0 bridgehead atoms. The number of carbonyl (C=O) groups is 1. The van der Waals surface area contributed by atoms with Gasteiger partial charge in [-0.3, -0.25) is 9.36 Å². The van der Waals surface area contributed by atoms with E-state index in [1.165, 1.54) is 16.7 Å². The molecule has 0 amide bonds. The molecule has 0 aliphatic carbocycles. The lowest BCUT2D eigenvalue weighted by Crippen LogP contribution is -2.42. The quantitative estimate of drug-likeness (QED) is 0.334. The van der Waals surface area contributed by atoms with E-state index in [4.69, 9.17) is 9.84 Å². The number of ether oxygens (including phenoxy) is 1. The highest BCUT2D eigenvalue weighted by Gasteiger charge is 2.15. The number of anilines is 2. The molecule has 2 heterocycles. The van der Waals surface area contributed by atoms with Crippen molar-refractivity contribution in [1.29, 1.82) is 0 Å². The van der Waals surface area contributed by atoms with Gasteiger partial charge >= 0.3 is 17.3 Å². The van der Waals surface area contributed by atoms with Crippen LogP contribution in [0, 0.1) is 12.7 Å². The Morgan fingerprint density at radius 3 is 2.41 bits per heavy atom. The van der Waals surface area contributed by atoms with Crippen LogP contribution in [0.15, 0.2) is 76.4 Å². The lowest BCUT2D eigenvalue weighted by atomic mass is 10.1. The largest absolute Gasteiger partial charge is 0.481 e. The predicted octanol–water partition coefficient (Wildman–Crippen LogP) is 3.70. The molecule has 0 radical (unpaired) electrons. The van der Waals surface area contributed by atoms with E-state index in [2.05, 4.69) is 15.3 Å². The molecule has 2 aromatic heterocycles. The van der Waals surface area contributed by atoms with E-state index in [0.29, 0.717) is 11.4 Å². The Morgan fingerprint density at radius 2 is 1.76 bits per heavy atom. The monoisotopic (exact) mass is 505 g/mol. The van der Waals surface area contributed by atoms with Crippen molar-refractivity contribution in [2.24, 2.45) is 0 Å². The molecule has 0 aliphatic heterocycles. The first kappa shape index (κ1) is 25.3. The summed E-state index contributed by atoms with van der Waals surface area (Å²) in [6.45, 7) is 2.03. The maximum atomic E-state index is 13.3. The number of aromatic nitrogens is 4. The van der Waals surface area contributed by atoms with Crippen molar-refractivity contribution in [2.75, 3.05) is 5.32 Å². The molecule has 0 fully saturated rings. The summed E-state index contributed by atoms with van der Waals surface area (Å²) < 4.78 is 20.9. The molecular formula is C26H24FN5O5. The van der Waals surface area contributed by atoms with Gasteiger partial charge in [-0.15, -0.1) is 0 Å². The first-order valence-corrected chi connectivity index (χ1v) is 11.4. The van der Waals surface area contributed by atoms with Gasteiger partial charge in [0.1, 0.15) is 11.6 Å². The Morgan fingerprint density at radius 1 is 1.03 bits per heavy atom. The van der Waals surface area contributed by atoms with Crippen LogP contribution in [0.1, 0.15) is 24.0 Å². The molecule has 4 rings (SSSR count). The van der Waals surface area contributed by atoms with Gasteiger partial charge in [-0.05, 0) is 49.2 Å². The minimum Gasteiger partial charge on any atom is -0.481 e. The van der Waals surface area contributed by atoms with Gasteiger partial charge in [-0.2, -0.15) is 4.98 Å². The van der Waals surface area contributed by atoms with Crippen molar-refractivity contribution in [2.45, 2.75) is 32.9 Å². The second-order valence-electron chi connectivity index (χ2n) is 8.29. The number of nitrogens with zero attached hydrogens (tertiary/aromatic N) is 4. The Hall–Kier alpha value is -4.80. The Labute approximate surface area is 210 Å². The Bertz CT molecular complexity index is 1500. The van der Waals surface area contributed by atoms with Gasteiger partial charge in [0.05, 0.1) is 12.7 Å². The standard InChI is InChI=1S/C26H24FN5O5/c1-17-4-6-18(7-5-17)16-32-24(30-25(35)31(26(32)36)14-2-3-23(33)34)29-20-9-11-21(12-10-20)37-22-13-8-19(27)15-28-22/h4-13,15H,2-3,14,16H2,1H3,(H,33,34)(H,29,30,35). The summed E-state index contributed by atoms with van der Waals surface area (Å²) in [6.07, 6.45) is 0.994. The normalized spacial score (nSPS) is 10.8. The van der Waals surface area contributed by atoms with Gasteiger partial charge in [0, 0.05) is 24.7 Å². The molecule has 2 N–H and O–H groups in total. The molecule has 0 aliphatic rings. The second-order valence-corrected chi connectivity index (χ2v) is 8.29. The highest BCUT2D eigenvalue weighted by atomic mass is 19.1. The van der Waals surface area contributed by atoms with Crippen LogP contribution < -0.4 is 21.4 Å². The third-order valence-corrected chi connectivity index (χ3v) is 5.42. The number of hydrogen-bond donors (Lipinski definition) is 2. The second kappa shape index (κ2) is 11.3. The van der Waals surface area contributed by atoms with Crippen LogP contribution in [0.2, 0.25) is 0 Å². The molecule has 2 aromatic carbocycles. The molecule has 190 valence electrons. The van der Waals surface area contributed by atoms with Crippen LogP contribution in [0.3, 0.4) is 0 Å². The van der Waals surface area contributed by atoms with Crippen LogP contribution in [0.4, 0.5) is 16.0 Å². The van der Waals surface area contributed by atoms with E-state index in [1.807, 2.05) is 31.2 Å².